The molecule has 0 radical (unpaired) electrons. The van der Waals surface area contributed by atoms with E-state index in [2.05, 4.69) is 53.5 Å². The highest BCUT2D eigenvalue weighted by Crippen LogP contribution is 2.67. The number of aliphatic hydroxyl groups is 2. The molecule has 3 aliphatic carbocycles. The summed E-state index contributed by atoms with van der Waals surface area (Å²) in [6.45, 7) is 2.41. The molecule has 1 aromatic carbocycles. The van der Waals surface area contributed by atoms with Gasteiger partial charge in [0, 0.05) is 22.8 Å². The Hall–Kier alpha value is -2.25. The number of aromatic nitrogens is 2. The maximum absolute atomic E-state index is 11.1. The molecule has 0 amide bonds. The summed E-state index contributed by atoms with van der Waals surface area (Å²) in [5.74, 6) is 0.356. The lowest BCUT2D eigenvalue weighted by Crippen LogP contribution is -2.61. The highest BCUT2D eigenvalue weighted by atomic mass is 16.5. The van der Waals surface area contributed by atoms with Crippen LogP contribution < -0.4 is 0 Å². The van der Waals surface area contributed by atoms with Crippen LogP contribution in [0.25, 0.3) is 16.5 Å². The number of nitrogens with zero attached hydrogens (tertiary/aromatic N) is 2. The molecule has 0 unspecified atom stereocenters. The number of allylic oxidation sites excluding steroid dienone is 3. The quantitative estimate of drug-likeness (QED) is 0.640. The zero-order chi connectivity index (χ0) is 23.5. The van der Waals surface area contributed by atoms with E-state index >= 15 is 0 Å². The summed E-state index contributed by atoms with van der Waals surface area (Å²) in [5.41, 5.74) is 5.03. The topological polar surface area (TPSA) is 81.6 Å². The van der Waals surface area contributed by atoms with Gasteiger partial charge in [0.25, 0.3) is 0 Å². The fourth-order valence-electron chi connectivity index (χ4n) is 8.06. The molecule has 2 spiro atoms. The van der Waals surface area contributed by atoms with Crippen molar-refractivity contribution in [3.8, 4) is 0 Å². The molecule has 1 aromatic heterocycles. The number of aliphatic hydroxyl groups excluding tert-OH is 2. The van der Waals surface area contributed by atoms with E-state index in [4.69, 9.17) is 4.74 Å². The van der Waals surface area contributed by atoms with Gasteiger partial charge in [-0.2, -0.15) is 5.10 Å². The molecule has 1 saturated heterocycles. The normalized spacial score (nSPS) is 42.7. The van der Waals surface area contributed by atoms with Crippen LogP contribution in [0.1, 0.15) is 44.6 Å². The zero-order valence-electron chi connectivity index (χ0n) is 20.1. The molecule has 3 N–H and O–H groups in total. The maximum atomic E-state index is 11.1. The van der Waals surface area contributed by atoms with Crippen molar-refractivity contribution in [2.45, 2.75) is 68.5 Å². The molecular weight excluding hydrogens is 426 g/mol. The molecule has 7 atom stereocenters. The van der Waals surface area contributed by atoms with Crippen LogP contribution in [-0.4, -0.2) is 68.9 Å². The van der Waals surface area contributed by atoms with Gasteiger partial charge in [-0.15, -0.1) is 0 Å². The van der Waals surface area contributed by atoms with Crippen LogP contribution in [-0.2, 0) is 4.74 Å². The summed E-state index contributed by atoms with van der Waals surface area (Å²) < 4.78 is 7.22. The highest BCUT2D eigenvalue weighted by molar-refractivity contribution is 5.85. The Morgan fingerprint density at radius 3 is 2.85 bits per heavy atom. The van der Waals surface area contributed by atoms with Gasteiger partial charge in [-0.1, -0.05) is 31.2 Å². The average molecular weight is 460 g/mol. The van der Waals surface area contributed by atoms with E-state index in [-0.39, 0.29) is 17.1 Å². The first kappa shape index (κ1) is 21.1. The van der Waals surface area contributed by atoms with E-state index < -0.39 is 17.8 Å². The molecule has 7 rings (SSSR count). The van der Waals surface area contributed by atoms with Crippen molar-refractivity contribution in [2.24, 2.45) is 11.3 Å². The Morgan fingerprint density at radius 1 is 1.18 bits per heavy atom. The molecule has 2 fully saturated rings. The van der Waals surface area contributed by atoms with E-state index in [9.17, 15) is 10.2 Å². The number of fused-ring (bicyclic) bond motifs is 2. The Morgan fingerprint density at radius 2 is 2.03 bits per heavy atom. The smallest absolute Gasteiger partial charge is 0.105 e. The minimum Gasteiger partial charge on any atom is -0.388 e. The summed E-state index contributed by atoms with van der Waals surface area (Å²) in [6, 6.07) is 6.48. The summed E-state index contributed by atoms with van der Waals surface area (Å²) in [4.78, 5) is 2.03. The predicted octanol–water partition coefficient (Wildman–Crippen LogP) is 3.59. The Kier molecular flexibility index (Phi) is 4.15. The molecule has 2 aromatic rings. The molecule has 6 heteroatoms. The van der Waals surface area contributed by atoms with Crippen LogP contribution in [0.15, 0.2) is 53.8 Å². The number of likely N-dealkylation sites (N-methyl/N-ethyl adjacent to an activating group) is 1. The van der Waals surface area contributed by atoms with Crippen molar-refractivity contribution >= 4 is 16.5 Å². The van der Waals surface area contributed by atoms with Gasteiger partial charge in [-0.3, -0.25) is 5.10 Å². The van der Waals surface area contributed by atoms with Crippen molar-refractivity contribution in [3.05, 3.63) is 59.3 Å². The van der Waals surface area contributed by atoms with Crippen molar-refractivity contribution in [2.75, 3.05) is 14.1 Å². The average Bonchev–Trinajstić information content (AvgIpc) is 3.50. The first-order valence-electron chi connectivity index (χ1n) is 12.6. The molecule has 6 nitrogen and oxygen atoms in total. The lowest BCUT2D eigenvalue weighted by Gasteiger charge is -2.55. The third-order valence-corrected chi connectivity index (χ3v) is 9.84. The van der Waals surface area contributed by atoms with E-state index in [0.29, 0.717) is 5.92 Å². The Balaban J connectivity index is 1.30. The number of hydrogen-bond acceptors (Lipinski definition) is 5. The number of H-pyrrole nitrogens is 1. The fourth-order valence-corrected chi connectivity index (χ4v) is 8.06. The number of ether oxygens (including phenoxy) is 1. The number of nitrogens with one attached hydrogen (secondary N) is 1. The summed E-state index contributed by atoms with van der Waals surface area (Å²) in [7, 11) is 3.96. The second kappa shape index (κ2) is 6.70. The lowest BCUT2D eigenvalue weighted by atomic mass is 9.58. The van der Waals surface area contributed by atoms with Crippen LogP contribution in [0, 0.1) is 11.3 Å². The molecular formula is C28H33N3O3. The number of aromatic amines is 1. The Labute approximate surface area is 200 Å². The van der Waals surface area contributed by atoms with Gasteiger partial charge in [0.15, 0.2) is 0 Å². The predicted molar refractivity (Wildman–Crippen MR) is 131 cm³/mol. The molecule has 1 saturated carbocycles. The number of benzene rings is 1. The summed E-state index contributed by atoms with van der Waals surface area (Å²) in [6.07, 6.45) is 11.7. The first-order valence-corrected chi connectivity index (χ1v) is 12.6. The molecule has 2 aliphatic heterocycles. The SMILES string of the molecule is CN(C)[C@H]1C[C@@]23CC[C@@]4(O2)C(=CC[C@]2(C)C(c5ccc6[nH]ncc6c5)=CC[C@H]24)C=C3[C@@H](O)[C@@H]1O. The van der Waals surface area contributed by atoms with Crippen molar-refractivity contribution < 1.29 is 14.9 Å². The largest absolute Gasteiger partial charge is 0.388 e. The van der Waals surface area contributed by atoms with Gasteiger partial charge in [-0.25, -0.2) is 0 Å². The third-order valence-electron chi connectivity index (χ3n) is 9.84. The standard InChI is InChI=1S/C28H33N3O3/c1-26-9-8-18-13-20-24(32)25(33)22(31(2)3)14-27(20)10-11-28(18,34-27)23(26)7-5-19(26)16-4-6-21-17(12-16)15-29-30-21/h4-6,8,12-13,15,22-25,32-33H,7,9-11,14H2,1-3H3,(H,29,30)/t22-,23+,24+,25+,26+,27+,28+/m0/s1. The van der Waals surface area contributed by atoms with Crippen LogP contribution in [0.5, 0.6) is 0 Å². The van der Waals surface area contributed by atoms with Crippen LogP contribution in [0.3, 0.4) is 0 Å². The van der Waals surface area contributed by atoms with Gasteiger partial charge in [0.05, 0.1) is 29.0 Å². The second-order valence-electron chi connectivity index (χ2n) is 11.6. The van der Waals surface area contributed by atoms with Gasteiger partial charge in [-0.05, 0) is 80.6 Å². The second-order valence-corrected chi connectivity index (χ2v) is 11.6. The molecule has 3 heterocycles. The molecule has 178 valence electrons. The van der Waals surface area contributed by atoms with Crippen LogP contribution >= 0.6 is 0 Å². The van der Waals surface area contributed by atoms with Crippen LogP contribution in [0.4, 0.5) is 0 Å². The monoisotopic (exact) mass is 459 g/mol. The maximum Gasteiger partial charge on any atom is 0.105 e. The van der Waals surface area contributed by atoms with Crippen molar-refractivity contribution in [1.29, 1.82) is 0 Å². The number of rotatable bonds is 2. The molecule has 34 heavy (non-hydrogen) atoms. The van der Waals surface area contributed by atoms with Crippen LogP contribution in [0.2, 0.25) is 0 Å². The van der Waals surface area contributed by atoms with Gasteiger partial charge >= 0.3 is 0 Å². The van der Waals surface area contributed by atoms with E-state index in [1.807, 2.05) is 25.2 Å². The van der Waals surface area contributed by atoms with E-state index in [0.717, 1.165) is 48.6 Å². The molecule has 5 aliphatic rings. The summed E-state index contributed by atoms with van der Waals surface area (Å²) in [5, 5.41) is 30.4. The molecule has 2 bridgehead atoms. The Bertz CT molecular complexity index is 1290. The van der Waals surface area contributed by atoms with Crippen molar-refractivity contribution in [1.82, 2.24) is 15.1 Å². The van der Waals surface area contributed by atoms with Crippen molar-refractivity contribution in [3.63, 3.8) is 0 Å². The summed E-state index contributed by atoms with van der Waals surface area (Å²) >= 11 is 0. The van der Waals surface area contributed by atoms with Gasteiger partial charge in [0.1, 0.15) is 6.10 Å². The lowest BCUT2D eigenvalue weighted by molar-refractivity contribution is -0.161. The fraction of sp³-hybridized carbons (Fsp3) is 0.536. The minimum absolute atomic E-state index is 0.00840. The zero-order valence-corrected chi connectivity index (χ0v) is 20.1. The first-order chi connectivity index (χ1) is 16.3. The number of hydrogen-bond donors (Lipinski definition) is 3. The van der Waals surface area contributed by atoms with E-state index in [1.165, 1.54) is 16.7 Å². The van der Waals surface area contributed by atoms with Gasteiger partial charge < -0.3 is 19.8 Å². The van der Waals surface area contributed by atoms with E-state index in [1.54, 1.807) is 0 Å². The highest BCUT2D eigenvalue weighted by Gasteiger charge is 2.67. The van der Waals surface area contributed by atoms with Gasteiger partial charge in [0.2, 0.25) is 0 Å². The third kappa shape index (κ3) is 2.47. The minimum atomic E-state index is -0.884.